The van der Waals surface area contributed by atoms with Gasteiger partial charge in [0.1, 0.15) is 23.2 Å². The van der Waals surface area contributed by atoms with Gasteiger partial charge in [0, 0.05) is 17.5 Å². The molecule has 1 fully saturated rings. The first-order valence-electron chi connectivity index (χ1n) is 7.13. The van der Waals surface area contributed by atoms with Gasteiger partial charge in [0.25, 0.3) is 0 Å². The van der Waals surface area contributed by atoms with Crippen LogP contribution < -0.4 is 5.73 Å². The second-order valence-electron chi connectivity index (χ2n) is 5.92. The molecule has 1 aromatic heterocycles. The van der Waals surface area contributed by atoms with Crippen molar-refractivity contribution >= 4 is 5.82 Å². The number of nitrogens with zero attached hydrogens (tertiary/aromatic N) is 2. The summed E-state index contributed by atoms with van der Waals surface area (Å²) in [7, 11) is 0. The summed E-state index contributed by atoms with van der Waals surface area (Å²) in [5, 5.41) is 0. The quantitative estimate of drug-likeness (QED) is 0.917. The second-order valence-corrected chi connectivity index (χ2v) is 5.92. The molecule has 1 heterocycles. The largest absolute Gasteiger partial charge is 0.383 e. The summed E-state index contributed by atoms with van der Waals surface area (Å²) in [5.74, 6) is 1.87. The Labute approximate surface area is 118 Å². The molecule has 3 nitrogen and oxygen atoms in total. The fourth-order valence-electron chi connectivity index (χ4n) is 2.59. The maximum atomic E-state index is 13.4. The van der Waals surface area contributed by atoms with Crippen molar-refractivity contribution < 1.29 is 4.39 Å². The number of benzene rings is 1. The van der Waals surface area contributed by atoms with E-state index in [4.69, 9.17) is 10.7 Å². The molecule has 0 aliphatic heterocycles. The van der Waals surface area contributed by atoms with Crippen molar-refractivity contribution in [2.24, 2.45) is 0 Å². The smallest absolute Gasteiger partial charge is 0.132 e. The van der Waals surface area contributed by atoms with Gasteiger partial charge < -0.3 is 10.3 Å². The predicted octanol–water partition coefficient (Wildman–Crippen LogP) is 4.04. The van der Waals surface area contributed by atoms with Crippen LogP contribution in [0.5, 0.6) is 0 Å². The van der Waals surface area contributed by atoms with E-state index in [-0.39, 0.29) is 5.82 Å². The fraction of sp³-hybridized carbons (Fsp3) is 0.438. The molecule has 1 aromatic carbocycles. The van der Waals surface area contributed by atoms with Crippen molar-refractivity contribution in [2.45, 2.75) is 45.6 Å². The molecule has 2 aromatic rings. The number of nitrogens with two attached hydrogens (primary N) is 1. The molecule has 1 aliphatic rings. The first kappa shape index (κ1) is 13.2. The number of hydrogen-bond donors (Lipinski definition) is 1. The lowest BCUT2D eigenvalue weighted by Crippen LogP contribution is -2.06. The van der Waals surface area contributed by atoms with Gasteiger partial charge in [-0.15, -0.1) is 0 Å². The van der Waals surface area contributed by atoms with Crippen molar-refractivity contribution in [3.63, 3.8) is 0 Å². The number of halogens is 1. The monoisotopic (exact) mass is 273 g/mol. The summed E-state index contributed by atoms with van der Waals surface area (Å²) in [6.07, 6.45) is 2.34. The minimum Gasteiger partial charge on any atom is -0.383 e. The molecule has 0 saturated heterocycles. The summed E-state index contributed by atoms with van der Waals surface area (Å²) < 4.78 is 15.6. The average molecular weight is 273 g/mol. The van der Waals surface area contributed by atoms with Gasteiger partial charge in [0.2, 0.25) is 0 Å². The molecule has 20 heavy (non-hydrogen) atoms. The number of anilines is 1. The Morgan fingerprint density at radius 3 is 2.60 bits per heavy atom. The molecule has 0 bridgehead atoms. The highest BCUT2D eigenvalue weighted by molar-refractivity contribution is 5.72. The highest BCUT2D eigenvalue weighted by atomic mass is 19.1. The predicted molar refractivity (Wildman–Crippen MR) is 79.1 cm³/mol. The van der Waals surface area contributed by atoms with E-state index in [2.05, 4.69) is 18.4 Å². The fourth-order valence-corrected chi connectivity index (χ4v) is 2.59. The van der Waals surface area contributed by atoms with Gasteiger partial charge in [0.15, 0.2) is 0 Å². The first-order valence-corrected chi connectivity index (χ1v) is 7.13. The van der Waals surface area contributed by atoms with Crippen LogP contribution in [0.25, 0.3) is 11.3 Å². The van der Waals surface area contributed by atoms with E-state index in [1.54, 1.807) is 13.0 Å². The summed E-state index contributed by atoms with van der Waals surface area (Å²) in [5.41, 5.74) is 8.60. The second kappa shape index (κ2) is 4.62. The normalized spacial score (nSPS) is 15.1. The molecular formula is C16H20FN3. The van der Waals surface area contributed by atoms with Crippen molar-refractivity contribution in [2.75, 3.05) is 5.73 Å². The molecule has 2 N–H and O–H groups in total. The lowest BCUT2D eigenvalue weighted by Gasteiger charge is -2.10. The Morgan fingerprint density at radius 2 is 2.05 bits per heavy atom. The third kappa shape index (κ3) is 2.09. The van der Waals surface area contributed by atoms with E-state index in [1.807, 2.05) is 6.07 Å². The molecule has 0 unspecified atom stereocenters. The van der Waals surface area contributed by atoms with Crippen LogP contribution in [0, 0.1) is 12.7 Å². The van der Waals surface area contributed by atoms with Gasteiger partial charge in [0.05, 0.1) is 0 Å². The molecule has 3 rings (SSSR count). The highest BCUT2D eigenvalue weighted by Crippen LogP contribution is 2.42. The van der Waals surface area contributed by atoms with Crippen LogP contribution >= 0.6 is 0 Å². The summed E-state index contributed by atoms with van der Waals surface area (Å²) in [6.45, 7) is 6.01. The van der Waals surface area contributed by atoms with Crippen molar-refractivity contribution in [3.8, 4) is 11.3 Å². The molecular weight excluding hydrogens is 253 g/mol. The van der Waals surface area contributed by atoms with Crippen LogP contribution in [0.1, 0.15) is 50.0 Å². The molecule has 0 atom stereocenters. The van der Waals surface area contributed by atoms with Gasteiger partial charge in [-0.25, -0.2) is 9.37 Å². The molecule has 106 valence electrons. The standard InChI is InChI=1S/C16H20FN3/c1-9(2)16-19-14(15(18)20(16)12-5-6-12)11-4-7-13(17)10(3)8-11/h4,7-9,12H,5-6,18H2,1-3H3. The van der Waals surface area contributed by atoms with Gasteiger partial charge in [-0.2, -0.15) is 0 Å². The summed E-state index contributed by atoms with van der Waals surface area (Å²) in [6, 6.07) is 5.54. The van der Waals surface area contributed by atoms with Gasteiger partial charge in [-0.1, -0.05) is 13.8 Å². The van der Waals surface area contributed by atoms with Gasteiger partial charge in [-0.3, -0.25) is 0 Å². The first-order chi connectivity index (χ1) is 9.49. The summed E-state index contributed by atoms with van der Waals surface area (Å²) in [4.78, 5) is 4.73. The third-order valence-electron chi connectivity index (χ3n) is 3.84. The topological polar surface area (TPSA) is 43.8 Å². The van der Waals surface area contributed by atoms with E-state index < -0.39 is 0 Å². The Kier molecular flexibility index (Phi) is 3.04. The van der Waals surface area contributed by atoms with E-state index in [0.717, 1.165) is 17.1 Å². The molecule has 1 aliphatic carbocycles. The van der Waals surface area contributed by atoms with Gasteiger partial charge >= 0.3 is 0 Å². The van der Waals surface area contributed by atoms with E-state index in [9.17, 15) is 4.39 Å². The number of aromatic nitrogens is 2. The Bertz CT molecular complexity index is 654. The van der Waals surface area contributed by atoms with Crippen LogP contribution in [0.2, 0.25) is 0 Å². The van der Waals surface area contributed by atoms with Crippen LogP contribution in [-0.2, 0) is 0 Å². The third-order valence-corrected chi connectivity index (χ3v) is 3.84. The minimum atomic E-state index is -0.196. The number of nitrogen functional groups attached to an aromatic ring is 1. The maximum Gasteiger partial charge on any atom is 0.132 e. The van der Waals surface area contributed by atoms with Crippen LogP contribution in [0.15, 0.2) is 18.2 Å². The number of imidazole rings is 1. The lowest BCUT2D eigenvalue weighted by molar-refractivity contribution is 0.619. The Hall–Kier alpha value is -1.84. The zero-order valence-electron chi connectivity index (χ0n) is 12.2. The van der Waals surface area contributed by atoms with E-state index >= 15 is 0 Å². The lowest BCUT2D eigenvalue weighted by atomic mass is 10.1. The molecule has 0 spiro atoms. The SMILES string of the molecule is Cc1cc(-c2nc(C(C)C)n(C3CC3)c2N)ccc1F. The number of aryl methyl sites for hydroxylation is 1. The van der Waals surface area contributed by atoms with Gasteiger partial charge in [-0.05, 0) is 43.5 Å². The maximum absolute atomic E-state index is 13.4. The Morgan fingerprint density at radius 1 is 1.35 bits per heavy atom. The van der Waals surface area contributed by atoms with Crippen molar-refractivity contribution in [1.29, 1.82) is 0 Å². The summed E-state index contributed by atoms with van der Waals surface area (Å²) >= 11 is 0. The number of rotatable bonds is 3. The van der Waals surface area contributed by atoms with E-state index in [0.29, 0.717) is 23.3 Å². The van der Waals surface area contributed by atoms with Crippen LogP contribution in [0.4, 0.5) is 10.2 Å². The van der Waals surface area contributed by atoms with Crippen LogP contribution in [0.3, 0.4) is 0 Å². The van der Waals surface area contributed by atoms with Crippen LogP contribution in [-0.4, -0.2) is 9.55 Å². The highest BCUT2D eigenvalue weighted by Gasteiger charge is 2.30. The molecule has 0 radical (unpaired) electrons. The zero-order chi connectivity index (χ0) is 14.4. The number of hydrogen-bond acceptors (Lipinski definition) is 2. The molecule has 1 saturated carbocycles. The van der Waals surface area contributed by atoms with Crippen molar-refractivity contribution in [1.82, 2.24) is 9.55 Å². The van der Waals surface area contributed by atoms with Crippen molar-refractivity contribution in [3.05, 3.63) is 35.4 Å². The Balaban J connectivity index is 2.13. The molecule has 0 amide bonds. The zero-order valence-corrected chi connectivity index (χ0v) is 12.2. The van der Waals surface area contributed by atoms with E-state index in [1.165, 1.54) is 18.9 Å². The average Bonchev–Trinajstić information content (AvgIpc) is 3.16. The molecule has 4 heteroatoms. The minimum absolute atomic E-state index is 0.196.